The summed E-state index contributed by atoms with van der Waals surface area (Å²) in [5, 5.41) is 9.62. The molecule has 0 saturated heterocycles. The zero-order valence-corrected chi connectivity index (χ0v) is 8.64. The average molecular weight is 206 g/mol. The Kier molecular flexibility index (Phi) is 4.06. The summed E-state index contributed by atoms with van der Waals surface area (Å²) in [5.41, 5.74) is 1.25. The van der Waals surface area contributed by atoms with E-state index in [0.717, 1.165) is 5.56 Å². The van der Waals surface area contributed by atoms with Crippen LogP contribution < -0.4 is 0 Å². The molecule has 0 aliphatic carbocycles. The third-order valence-electron chi connectivity index (χ3n) is 2.11. The van der Waals surface area contributed by atoms with Crippen molar-refractivity contribution in [2.45, 2.75) is 12.5 Å². The lowest BCUT2D eigenvalue weighted by Crippen LogP contribution is -2.02. The van der Waals surface area contributed by atoms with Gasteiger partial charge in [0.2, 0.25) is 0 Å². The van der Waals surface area contributed by atoms with Crippen molar-refractivity contribution in [2.75, 3.05) is 7.11 Å². The molecule has 0 spiro atoms. The summed E-state index contributed by atoms with van der Waals surface area (Å²) in [7, 11) is 1.34. The van der Waals surface area contributed by atoms with Crippen molar-refractivity contribution in [3.8, 4) is 0 Å². The van der Waals surface area contributed by atoms with Crippen molar-refractivity contribution < 1.29 is 14.6 Å². The van der Waals surface area contributed by atoms with E-state index in [-0.39, 0.29) is 5.97 Å². The van der Waals surface area contributed by atoms with Crippen molar-refractivity contribution >= 4 is 5.97 Å². The highest BCUT2D eigenvalue weighted by Crippen LogP contribution is 2.17. The molecule has 0 aliphatic rings. The fourth-order valence-corrected chi connectivity index (χ4v) is 1.25. The van der Waals surface area contributed by atoms with Crippen LogP contribution in [-0.2, 0) is 4.74 Å². The summed E-state index contributed by atoms with van der Waals surface area (Å²) in [5.74, 6) is -0.375. The molecule has 80 valence electrons. The summed E-state index contributed by atoms with van der Waals surface area (Å²) < 4.78 is 4.57. The Hall–Kier alpha value is -1.61. The van der Waals surface area contributed by atoms with Crippen LogP contribution in [0.15, 0.2) is 36.9 Å². The van der Waals surface area contributed by atoms with Crippen LogP contribution >= 0.6 is 0 Å². The summed E-state index contributed by atoms with van der Waals surface area (Å²) >= 11 is 0. The van der Waals surface area contributed by atoms with E-state index in [1.165, 1.54) is 7.11 Å². The van der Waals surface area contributed by atoms with Crippen molar-refractivity contribution in [1.29, 1.82) is 0 Å². The van der Waals surface area contributed by atoms with Gasteiger partial charge in [0.15, 0.2) is 0 Å². The van der Waals surface area contributed by atoms with Crippen LogP contribution in [0, 0.1) is 0 Å². The Morgan fingerprint density at radius 2 is 2.13 bits per heavy atom. The summed E-state index contributed by atoms with van der Waals surface area (Å²) in [6.07, 6.45) is 1.59. The third-order valence-corrected chi connectivity index (χ3v) is 2.11. The van der Waals surface area contributed by atoms with E-state index in [9.17, 15) is 9.90 Å². The van der Waals surface area contributed by atoms with Gasteiger partial charge in [-0.05, 0) is 24.1 Å². The van der Waals surface area contributed by atoms with E-state index in [1.54, 1.807) is 30.3 Å². The molecule has 1 aromatic carbocycles. The second-order valence-electron chi connectivity index (χ2n) is 3.15. The number of aliphatic hydroxyl groups is 1. The largest absolute Gasteiger partial charge is 0.465 e. The number of ether oxygens (including phenoxy) is 1. The first-order valence-electron chi connectivity index (χ1n) is 4.66. The molecule has 3 heteroatoms. The monoisotopic (exact) mass is 206 g/mol. The molecule has 0 bridgehead atoms. The molecule has 0 aliphatic heterocycles. The maximum atomic E-state index is 11.1. The Morgan fingerprint density at radius 3 is 2.60 bits per heavy atom. The van der Waals surface area contributed by atoms with E-state index in [1.807, 2.05) is 0 Å². The van der Waals surface area contributed by atoms with Gasteiger partial charge in [-0.3, -0.25) is 0 Å². The van der Waals surface area contributed by atoms with E-state index in [2.05, 4.69) is 11.3 Å². The van der Waals surface area contributed by atoms with E-state index >= 15 is 0 Å². The third kappa shape index (κ3) is 2.92. The van der Waals surface area contributed by atoms with Crippen LogP contribution in [0.25, 0.3) is 0 Å². The molecule has 0 aromatic heterocycles. The molecule has 0 amide bonds. The summed E-state index contributed by atoms with van der Waals surface area (Å²) in [6, 6.07) is 6.68. The predicted octanol–water partition coefficient (Wildman–Crippen LogP) is 2.08. The van der Waals surface area contributed by atoms with Crippen molar-refractivity contribution in [3.05, 3.63) is 48.0 Å². The molecule has 1 atom stereocenters. The van der Waals surface area contributed by atoms with Gasteiger partial charge in [-0.15, -0.1) is 6.58 Å². The number of hydrogen-bond acceptors (Lipinski definition) is 3. The van der Waals surface area contributed by atoms with E-state index in [4.69, 9.17) is 0 Å². The predicted molar refractivity (Wildman–Crippen MR) is 57.6 cm³/mol. The Labute approximate surface area is 89.0 Å². The number of carbonyl (C=O) groups excluding carboxylic acids is 1. The second-order valence-corrected chi connectivity index (χ2v) is 3.15. The van der Waals surface area contributed by atoms with Crippen LogP contribution in [0.3, 0.4) is 0 Å². The normalized spacial score (nSPS) is 11.9. The number of aliphatic hydroxyl groups excluding tert-OH is 1. The SMILES string of the molecule is C=CC[C@H](O)c1ccc(C(=O)OC)cc1. The number of hydrogen-bond donors (Lipinski definition) is 1. The first-order valence-corrected chi connectivity index (χ1v) is 4.66. The van der Waals surface area contributed by atoms with Gasteiger partial charge in [-0.1, -0.05) is 18.2 Å². The standard InChI is InChI=1S/C12H14O3/c1-3-4-11(13)9-5-7-10(8-6-9)12(14)15-2/h3,5-8,11,13H,1,4H2,2H3/t11-/m0/s1. The maximum Gasteiger partial charge on any atom is 0.337 e. The molecule has 0 unspecified atom stereocenters. The second kappa shape index (κ2) is 5.32. The minimum atomic E-state index is -0.561. The molecule has 1 rings (SSSR count). The molecule has 1 aromatic rings. The van der Waals surface area contributed by atoms with Crippen LogP contribution in [0.1, 0.15) is 28.4 Å². The fourth-order valence-electron chi connectivity index (χ4n) is 1.25. The van der Waals surface area contributed by atoms with E-state index in [0.29, 0.717) is 12.0 Å². The lowest BCUT2D eigenvalue weighted by Gasteiger charge is -2.08. The van der Waals surface area contributed by atoms with Gasteiger partial charge in [0.1, 0.15) is 0 Å². The van der Waals surface area contributed by atoms with Gasteiger partial charge in [0.25, 0.3) is 0 Å². The zero-order chi connectivity index (χ0) is 11.3. The fraction of sp³-hybridized carbons (Fsp3) is 0.250. The molecule has 0 heterocycles. The molecular formula is C12H14O3. The first kappa shape index (κ1) is 11.5. The van der Waals surface area contributed by atoms with Gasteiger partial charge in [-0.2, -0.15) is 0 Å². The molecular weight excluding hydrogens is 192 g/mol. The van der Waals surface area contributed by atoms with Crippen LogP contribution in [0.2, 0.25) is 0 Å². The van der Waals surface area contributed by atoms with Crippen molar-refractivity contribution in [1.82, 2.24) is 0 Å². The van der Waals surface area contributed by atoms with Crippen LogP contribution in [0.4, 0.5) is 0 Å². The van der Waals surface area contributed by atoms with Gasteiger partial charge < -0.3 is 9.84 Å². The van der Waals surface area contributed by atoms with Gasteiger partial charge in [0.05, 0.1) is 18.8 Å². The minimum Gasteiger partial charge on any atom is -0.465 e. The van der Waals surface area contributed by atoms with Gasteiger partial charge in [0, 0.05) is 0 Å². The molecule has 0 saturated carbocycles. The highest BCUT2D eigenvalue weighted by molar-refractivity contribution is 5.89. The topological polar surface area (TPSA) is 46.5 Å². The van der Waals surface area contributed by atoms with Crippen LogP contribution in [-0.4, -0.2) is 18.2 Å². The molecule has 0 radical (unpaired) electrons. The number of carbonyl (C=O) groups is 1. The molecule has 15 heavy (non-hydrogen) atoms. The van der Waals surface area contributed by atoms with Gasteiger partial charge >= 0.3 is 5.97 Å². The highest BCUT2D eigenvalue weighted by Gasteiger charge is 2.08. The highest BCUT2D eigenvalue weighted by atomic mass is 16.5. The van der Waals surface area contributed by atoms with Crippen molar-refractivity contribution in [3.63, 3.8) is 0 Å². The minimum absolute atomic E-state index is 0.375. The Balaban J connectivity index is 2.80. The number of rotatable bonds is 4. The zero-order valence-electron chi connectivity index (χ0n) is 8.64. The van der Waals surface area contributed by atoms with Crippen molar-refractivity contribution in [2.24, 2.45) is 0 Å². The Morgan fingerprint density at radius 1 is 1.53 bits per heavy atom. The summed E-state index contributed by atoms with van der Waals surface area (Å²) in [6.45, 7) is 3.55. The Bertz CT molecular complexity index is 340. The summed E-state index contributed by atoms with van der Waals surface area (Å²) in [4.78, 5) is 11.1. The average Bonchev–Trinajstić information content (AvgIpc) is 2.28. The molecule has 1 N–H and O–H groups in total. The molecule has 3 nitrogen and oxygen atoms in total. The lowest BCUT2D eigenvalue weighted by molar-refractivity contribution is 0.0600. The lowest BCUT2D eigenvalue weighted by atomic mass is 10.0. The van der Waals surface area contributed by atoms with E-state index < -0.39 is 6.10 Å². The molecule has 0 fully saturated rings. The van der Waals surface area contributed by atoms with Gasteiger partial charge in [-0.25, -0.2) is 4.79 Å². The van der Waals surface area contributed by atoms with Crippen LogP contribution in [0.5, 0.6) is 0 Å². The quantitative estimate of drug-likeness (QED) is 0.606. The number of esters is 1. The number of methoxy groups -OCH3 is 1. The maximum absolute atomic E-state index is 11.1. The smallest absolute Gasteiger partial charge is 0.337 e. The first-order chi connectivity index (χ1) is 7.19. The number of benzene rings is 1.